The lowest BCUT2D eigenvalue weighted by molar-refractivity contribution is 0.568. The van der Waals surface area contributed by atoms with Crippen LogP contribution in [0.3, 0.4) is 0 Å². The highest BCUT2D eigenvalue weighted by Gasteiger charge is 2.18. The van der Waals surface area contributed by atoms with Crippen molar-refractivity contribution < 1.29 is 12.8 Å². The van der Waals surface area contributed by atoms with E-state index in [9.17, 15) is 8.42 Å². The molecule has 7 nitrogen and oxygen atoms in total. The zero-order valence-corrected chi connectivity index (χ0v) is 10.1. The second-order valence-electron chi connectivity index (χ2n) is 3.68. The first-order valence-electron chi connectivity index (χ1n) is 5.01. The topological polar surface area (TPSA) is 90.4 Å². The van der Waals surface area contributed by atoms with Crippen molar-refractivity contribution in [1.82, 2.24) is 19.6 Å². The number of furan rings is 1. The number of hydrogen-bond donors (Lipinski definition) is 0. The van der Waals surface area contributed by atoms with E-state index < -0.39 is 9.84 Å². The van der Waals surface area contributed by atoms with Crippen LogP contribution in [0.4, 0.5) is 0 Å². The van der Waals surface area contributed by atoms with Gasteiger partial charge in [0, 0.05) is 12.3 Å². The van der Waals surface area contributed by atoms with Crippen molar-refractivity contribution in [2.45, 2.75) is 5.16 Å². The number of sulfone groups is 1. The standard InChI is InChI=1S/C10H8N4O3S/c1-18(15,16)10-12-8-4-5-11-14(8)9(13-10)7-3-2-6-17-7/h2-6H,1H3. The van der Waals surface area contributed by atoms with Gasteiger partial charge >= 0.3 is 0 Å². The molecule has 0 aliphatic rings. The van der Waals surface area contributed by atoms with Crippen molar-refractivity contribution in [2.24, 2.45) is 0 Å². The van der Waals surface area contributed by atoms with E-state index in [1.807, 2.05) is 0 Å². The molecule has 0 fully saturated rings. The summed E-state index contributed by atoms with van der Waals surface area (Å²) in [5.41, 5.74) is 0.400. The van der Waals surface area contributed by atoms with Crippen LogP contribution in [0.1, 0.15) is 0 Å². The van der Waals surface area contributed by atoms with Crippen LogP contribution in [0.25, 0.3) is 17.2 Å². The Hall–Kier alpha value is -2.22. The highest BCUT2D eigenvalue weighted by atomic mass is 32.2. The summed E-state index contributed by atoms with van der Waals surface area (Å²) in [7, 11) is -3.49. The number of hydrogen-bond acceptors (Lipinski definition) is 6. The van der Waals surface area contributed by atoms with E-state index in [1.165, 1.54) is 17.0 Å². The summed E-state index contributed by atoms with van der Waals surface area (Å²) in [4.78, 5) is 7.93. The normalized spacial score (nSPS) is 12.1. The molecule has 8 heteroatoms. The molecule has 0 saturated heterocycles. The van der Waals surface area contributed by atoms with Crippen molar-refractivity contribution >= 4 is 15.5 Å². The molecule has 0 amide bonds. The first-order chi connectivity index (χ1) is 8.55. The molecule has 0 aliphatic heterocycles. The van der Waals surface area contributed by atoms with Crippen LogP contribution in [0.5, 0.6) is 0 Å². The molecule has 3 aromatic heterocycles. The maximum Gasteiger partial charge on any atom is 0.250 e. The SMILES string of the molecule is CS(=O)(=O)c1nc(-c2ccco2)n2nccc2n1. The van der Waals surface area contributed by atoms with Gasteiger partial charge in [-0.1, -0.05) is 0 Å². The molecule has 0 aromatic carbocycles. The van der Waals surface area contributed by atoms with E-state index in [4.69, 9.17) is 4.42 Å². The molecular formula is C10H8N4O3S. The maximum absolute atomic E-state index is 11.5. The lowest BCUT2D eigenvalue weighted by atomic mass is 10.4. The van der Waals surface area contributed by atoms with Gasteiger partial charge in [0.2, 0.25) is 15.7 Å². The van der Waals surface area contributed by atoms with E-state index in [0.29, 0.717) is 17.2 Å². The molecule has 92 valence electrons. The summed E-state index contributed by atoms with van der Waals surface area (Å²) in [6.07, 6.45) is 4.05. The minimum Gasteiger partial charge on any atom is -0.461 e. The number of fused-ring (bicyclic) bond motifs is 1. The Morgan fingerprint density at radius 3 is 2.78 bits per heavy atom. The van der Waals surface area contributed by atoms with Crippen LogP contribution < -0.4 is 0 Å². The molecule has 3 aromatic rings. The molecule has 0 unspecified atom stereocenters. The van der Waals surface area contributed by atoms with Gasteiger partial charge in [-0.05, 0) is 12.1 Å². The molecule has 0 N–H and O–H groups in total. The average Bonchev–Trinajstić information content (AvgIpc) is 2.97. The third-order valence-corrected chi connectivity index (χ3v) is 3.15. The van der Waals surface area contributed by atoms with Crippen LogP contribution in [0.2, 0.25) is 0 Å². The fourth-order valence-electron chi connectivity index (χ4n) is 1.54. The lowest BCUT2D eigenvalue weighted by Crippen LogP contribution is -2.09. The predicted octanol–water partition coefficient (Wildman–Crippen LogP) is 0.788. The summed E-state index contributed by atoms with van der Waals surface area (Å²) in [5, 5.41) is 3.79. The number of rotatable bonds is 2. The number of nitrogens with zero attached hydrogens (tertiary/aromatic N) is 4. The highest BCUT2D eigenvalue weighted by Crippen LogP contribution is 2.19. The van der Waals surface area contributed by atoms with Crippen LogP contribution in [0, 0.1) is 0 Å². The molecule has 0 aliphatic carbocycles. The molecule has 3 rings (SSSR count). The third-order valence-electron chi connectivity index (χ3n) is 2.31. The predicted molar refractivity (Wildman–Crippen MR) is 61.6 cm³/mol. The number of aromatic nitrogens is 4. The maximum atomic E-state index is 11.5. The van der Waals surface area contributed by atoms with Crippen molar-refractivity contribution in [1.29, 1.82) is 0 Å². The molecule has 0 atom stereocenters. The van der Waals surface area contributed by atoms with E-state index in [1.54, 1.807) is 18.2 Å². The smallest absolute Gasteiger partial charge is 0.250 e. The molecule has 3 heterocycles. The van der Waals surface area contributed by atoms with Crippen LogP contribution in [0.15, 0.2) is 40.2 Å². The molecule has 18 heavy (non-hydrogen) atoms. The Bertz CT molecular complexity index is 805. The quantitative estimate of drug-likeness (QED) is 0.679. The Kier molecular flexibility index (Phi) is 2.20. The van der Waals surface area contributed by atoms with Gasteiger partial charge in [0.15, 0.2) is 11.4 Å². The van der Waals surface area contributed by atoms with E-state index in [-0.39, 0.29) is 5.16 Å². The van der Waals surface area contributed by atoms with Crippen molar-refractivity contribution in [3.8, 4) is 11.6 Å². The second-order valence-corrected chi connectivity index (χ2v) is 5.59. The zero-order valence-electron chi connectivity index (χ0n) is 9.31. The second kappa shape index (κ2) is 3.64. The van der Waals surface area contributed by atoms with E-state index in [0.717, 1.165) is 6.26 Å². The van der Waals surface area contributed by atoms with E-state index >= 15 is 0 Å². The largest absolute Gasteiger partial charge is 0.461 e. The monoisotopic (exact) mass is 264 g/mol. The van der Waals surface area contributed by atoms with Crippen LogP contribution in [-0.2, 0) is 9.84 Å². The summed E-state index contributed by atoms with van der Waals surface area (Å²) >= 11 is 0. The highest BCUT2D eigenvalue weighted by molar-refractivity contribution is 7.90. The Balaban J connectivity index is 2.39. The van der Waals surface area contributed by atoms with Gasteiger partial charge in [0.05, 0.1) is 12.5 Å². The Morgan fingerprint density at radius 2 is 2.11 bits per heavy atom. The first kappa shape index (κ1) is 10.9. The van der Waals surface area contributed by atoms with Gasteiger partial charge in [0.1, 0.15) is 0 Å². The van der Waals surface area contributed by atoms with Gasteiger partial charge in [-0.15, -0.1) is 0 Å². The Labute approximate surface area is 102 Å². The first-order valence-corrected chi connectivity index (χ1v) is 6.90. The molecule has 0 bridgehead atoms. The minimum atomic E-state index is -3.49. The Morgan fingerprint density at radius 1 is 1.28 bits per heavy atom. The van der Waals surface area contributed by atoms with Crippen molar-refractivity contribution in [3.05, 3.63) is 30.7 Å². The van der Waals surface area contributed by atoms with Gasteiger partial charge in [-0.3, -0.25) is 0 Å². The summed E-state index contributed by atoms with van der Waals surface area (Å²) in [5.74, 6) is 0.728. The van der Waals surface area contributed by atoms with Gasteiger partial charge in [0.25, 0.3) is 5.16 Å². The fraction of sp³-hybridized carbons (Fsp3) is 0.100. The summed E-state index contributed by atoms with van der Waals surface area (Å²) < 4.78 is 29.7. The summed E-state index contributed by atoms with van der Waals surface area (Å²) in [6.45, 7) is 0. The van der Waals surface area contributed by atoms with Crippen molar-refractivity contribution in [2.75, 3.05) is 6.26 Å². The zero-order chi connectivity index (χ0) is 12.8. The molecule has 0 saturated carbocycles. The minimum absolute atomic E-state index is 0.248. The van der Waals surface area contributed by atoms with Crippen LogP contribution in [-0.4, -0.2) is 34.3 Å². The van der Waals surface area contributed by atoms with Gasteiger partial charge < -0.3 is 4.42 Å². The molecular weight excluding hydrogens is 256 g/mol. The van der Waals surface area contributed by atoms with Crippen LogP contribution >= 0.6 is 0 Å². The lowest BCUT2D eigenvalue weighted by Gasteiger charge is -2.03. The van der Waals surface area contributed by atoms with Gasteiger partial charge in [-0.25, -0.2) is 8.42 Å². The third kappa shape index (κ3) is 1.66. The summed E-state index contributed by atoms with van der Waals surface area (Å²) in [6, 6.07) is 4.96. The van der Waals surface area contributed by atoms with Gasteiger partial charge in [-0.2, -0.15) is 19.6 Å². The average molecular weight is 264 g/mol. The molecule has 0 radical (unpaired) electrons. The molecule has 0 spiro atoms. The van der Waals surface area contributed by atoms with E-state index in [2.05, 4.69) is 15.1 Å². The fourth-order valence-corrected chi connectivity index (χ4v) is 2.05. The van der Waals surface area contributed by atoms with Crippen molar-refractivity contribution in [3.63, 3.8) is 0 Å².